The van der Waals surface area contributed by atoms with E-state index in [0.29, 0.717) is 12.4 Å². The number of anilines is 1. The SMILES string of the molecule is CCCNc1ncc(S(=O)(=O)NC(C)C(N)=O)cc1Cl. The van der Waals surface area contributed by atoms with Gasteiger partial charge in [0.05, 0.1) is 11.1 Å². The van der Waals surface area contributed by atoms with Crippen LogP contribution in [-0.4, -0.2) is 31.9 Å². The molecule has 1 aromatic heterocycles. The minimum Gasteiger partial charge on any atom is -0.369 e. The highest BCUT2D eigenvalue weighted by atomic mass is 35.5. The Morgan fingerprint density at radius 3 is 2.70 bits per heavy atom. The highest BCUT2D eigenvalue weighted by Crippen LogP contribution is 2.22. The van der Waals surface area contributed by atoms with Crippen LogP contribution in [0.3, 0.4) is 0 Å². The van der Waals surface area contributed by atoms with Gasteiger partial charge in [0.15, 0.2) is 0 Å². The van der Waals surface area contributed by atoms with Gasteiger partial charge in [-0.25, -0.2) is 13.4 Å². The lowest BCUT2D eigenvalue weighted by Crippen LogP contribution is -2.42. The molecule has 9 heteroatoms. The first-order chi connectivity index (χ1) is 9.27. The van der Waals surface area contributed by atoms with E-state index in [1.54, 1.807) is 0 Å². The number of hydrogen-bond acceptors (Lipinski definition) is 5. The van der Waals surface area contributed by atoms with Crippen molar-refractivity contribution in [2.45, 2.75) is 31.2 Å². The van der Waals surface area contributed by atoms with Crippen molar-refractivity contribution in [1.29, 1.82) is 0 Å². The Morgan fingerprint density at radius 2 is 2.20 bits per heavy atom. The van der Waals surface area contributed by atoms with Gasteiger partial charge in [-0.05, 0) is 19.4 Å². The van der Waals surface area contributed by atoms with Crippen LogP contribution >= 0.6 is 11.6 Å². The lowest BCUT2D eigenvalue weighted by molar-refractivity contribution is -0.119. The molecule has 0 aromatic carbocycles. The number of nitrogens with zero attached hydrogens (tertiary/aromatic N) is 1. The smallest absolute Gasteiger partial charge is 0.242 e. The Hall–Kier alpha value is -1.38. The van der Waals surface area contributed by atoms with Crippen molar-refractivity contribution in [2.75, 3.05) is 11.9 Å². The van der Waals surface area contributed by atoms with Gasteiger partial charge in [0.25, 0.3) is 0 Å². The molecule has 0 fully saturated rings. The third-order valence-electron chi connectivity index (χ3n) is 2.43. The van der Waals surface area contributed by atoms with Crippen LogP contribution in [0.2, 0.25) is 5.02 Å². The molecule has 0 spiro atoms. The normalized spacial score (nSPS) is 12.9. The van der Waals surface area contributed by atoms with Crippen molar-refractivity contribution in [3.05, 3.63) is 17.3 Å². The first-order valence-electron chi connectivity index (χ1n) is 5.99. The quantitative estimate of drug-likeness (QED) is 0.684. The van der Waals surface area contributed by atoms with E-state index < -0.39 is 22.0 Å². The Balaban J connectivity index is 2.97. The summed E-state index contributed by atoms with van der Waals surface area (Å²) in [5.41, 5.74) is 5.01. The summed E-state index contributed by atoms with van der Waals surface area (Å²) >= 11 is 5.96. The van der Waals surface area contributed by atoms with Gasteiger partial charge >= 0.3 is 0 Å². The summed E-state index contributed by atoms with van der Waals surface area (Å²) < 4.78 is 26.1. The molecule has 0 saturated carbocycles. The number of carbonyl (C=O) groups excluding carboxylic acids is 1. The Bertz CT molecular complexity index is 591. The number of carbonyl (C=O) groups is 1. The molecule has 0 saturated heterocycles. The van der Waals surface area contributed by atoms with Gasteiger partial charge in [-0.2, -0.15) is 4.72 Å². The lowest BCUT2D eigenvalue weighted by atomic mass is 10.4. The van der Waals surface area contributed by atoms with E-state index in [-0.39, 0.29) is 9.92 Å². The summed E-state index contributed by atoms with van der Waals surface area (Å²) in [4.78, 5) is 14.7. The Morgan fingerprint density at radius 1 is 1.55 bits per heavy atom. The number of sulfonamides is 1. The van der Waals surface area contributed by atoms with Gasteiger partial charge in [-0.1, -0.05) is 18.5 Å². The molecular weight excluding hydrogens is 304 g/mol. The molecule has 0 aliphatic heterocycles. The van der Waals surface area contributed by atoms with Gasteiger partial charge < -0.3 is 11.1 Å². The molecule has 112 valence electrons. The van der Waals surface area contributed by atoms with Crippen LogP contribution in [-0.2, 0) is 14.8 Å². The van der Waals surface area contributed by atoms with Crippen molar-refractivity contribution < 1.29 is 13.2 Å². The maximum absolute atomic E-state index is 12.0. The van der Waals surface area contributed by atoms with Crippen molar-refractivity contribution in [1.82, 2.24) is 9.71 Å². The van der Waals surface area contributed by atoms with Crippen LogP contribution < -0.4 is 15.8 Å². The van der Waals surface area contributed by atoms with Crippen LogP contribution in [0, 0.1) is 0 Å². The van der Waals surface area contributed by atoms with Crippen LogP contribution in [0.15, 0.2) is 17.2 Å². The zero-order valence-electron chi connectivity index (χ0n) is 11.2. The molecule has 0 aliphatic rings. The van der Waals surface area contributed by atoms with Crippen LogP contribution in [0.4, 0.5) is 5.82 Å². The van der Waals surface area contributed by atoms with Crippen molar-refractivity contribution in [3.63, 3.8) is 0 Å². The second-order valence-electron chi connectivity index (χ2n) is 4.17. The first kappa shape index (κ1) is 16.7. The molecule has 1 heterocycles. The molecule has 1 rings (SSSR count). The maximum atomic E-state index is 12.0. The van der Waals surface area contributed by atoms with E-state index in [1.165, 1.54) is 19.2 Å². The standard InChI is InChI=1S/C11H17ClN4O3S/c1-3-4-14-11-9(12)5-8(6-15-11)20(18,19)16-7(2)10(13)17/h5-7,16H,3-4H2,1-2H3,(H2,13,17)(H,14,15). The Labute approximate surface area is 123 Å². The second-order valence-corrected chi connectivity index (χ2v) is 6.29. The number of halogens is 1. The van der Waals surface area contributed by atoms with E-state index in [9.17, 15) is 13.2 Å². The summed E-state index contributed by atoms with van der Waals surface area (Å²) in [6.07, 6.45) is 2.05. The van der Waals surface area contributed by atoms with Crippen molar-refractivity contribution in [3.8, 4) is 0 Å². The highest BCUT2D eigenvalue weighted by Gasteiger charge is 2.21. The minimum absolute atomic E-state index is 0.127. The number of amides is 1. The molecule has 1 aromatic rings. The first-order valence-corrected chi connectivity index (χ1v) is 7.85. The number of hydrogen-bond donors (Lipinski definition) is 3. The van der Waals surface area contributed by atoms with E-state index in [2.05, 4.69) is 15.0 Å². The third kappa shape index (κ3) is 4.32. The van der Waals surface area contributed by atoms with Gasteiger partial charge in [-0.15, -0.1) is 0 Å². The summed E-state index contributed by atoms with van der Waals surface area (Å²) in [5.74, 6) is -0.357. The maximum Gasteiger partial charge on any atom is 0.242 e. The number of pyridine rings is 1. The molecule has 1 amide bonds. The van der Waals surface area contributed by atoms with Gasteiger partial charge in [0.2, 0.25) is 15.9 Å². The predicted octanol–water partition coefficient (Wildman–Crippen LogP) is 0.709. The second kappa shape index (κ2) is 6.87. The average molecular weight is 321 g/mol. The van der Waals surface area contributed by atoms with Crippen molar-refractivity contribution >= 4 is 33.3 Å². The van der Waals surface area contributed by atoms with Gasteiger partial charge in [-0.3, -0.25) is 4.79 Å². The van der Waals surface area contributed by atoms with Gasteiger partial charge in [0.1, 0.15) is 10.7 Å². The molecular formula is C11H17ClN4O3S. The lowest BCUT2D eigenvalue weighted by Gasteiger charge is -2.12. The monoisotopic (exact) mass is 320 g/mol. The summed E-state index contributed by atoms with van der Waals surface area (Å²) in [6.45, 7) is 4.01. The molecule has 1 atom stereocenters. The number of nitrogens with one attached hydrogen (secondary N) is 2. The third-order valence-corrected chi connectivity index (χ3v) is 4.22. The molecule has 0 radical (unpaired) electrons. The average Bonchev–Trinajstić information content (AvgIpc) is 2.36. The molecule has 0 bridgehead atoms. The molecule has 0 aliphatic carbocycles. The van der Waals surface area contributed by atoms with E-state index >= 15 is 0 Å². The van der Waals surface area contributed by atoms with E-state index in [4.69, 9.17) is 17.3 Å². The molecule has 7 nitrogen and oxygen atoms in total. The van der Waals surface area contributed by atoms with Crippen LogP contribution in [0.5, 0.6) is 0 Å². The zero-order chi connectivity index (χ0) is 15.3. The number of nitrogens with two attached hydrogens (primary N) is 1. The topological polar surface area (TPSA) is 114 Å². The summed E-state index contributed by atoms with van der Waals surface area (Å²) in [6, 6.07) is 0.249. The zero-order valence-corrected chi connectivity index (χ0v) is 12.8. The Kier molecular flexibility index (Phi) is 5.73. The van der Waals surface area contributed by atoms with Gasteiger partial charge in [0, 0.05) is 12.7 Å². The number of primary amides is 1. The molecule has 1 unspecified atom stereocenters. The fraction of sp³-hybridized carbons (Fsp3) is 0.455. The number of rotatable bonds is 7. The summed E-state index contributed by atoms with van der Waals surface area (Å²) in [5, 5.41) is 3.16. The van der Waals surface area contributed by atoms with E-state index in [1.807, 2.05) is 6.92 Å². The summed E-state index contributed by atoms with van der Waals surface area (Å²) in [7, 11) is -3.89. The van der Waals surface area contributed by atoms with Crippen molar-refractivity contribution in [2.24, 2.45) is 5.73 Å². The fourth-order valence-electron chi connectivity index (χ4n) is 1.30. The number of aromatic nitrogens is 1. The highest BCUT2D eigenvalue weighted by molar-refractivity contribution is 7.89. The molecule has 20 heavy (non-hydrogen) atoms. The van der Waals surface area contributed by atoms with Crippen LogP contribution in [0.1, 0.15) is 20.3 Å². The van der Waals surface area contributed by atoms with Crippen LogP contribution in [0.25, 0.3) is 0 Å². The van der Waals surface area contributed by atoms with E-state index in [0.717, 1.165) is 6.42 Å². The molecule has 4 N–H and O–H groups in total. The fourth-order valence-corrected chi connectivity index (χ4v) is 2.78. The minimum atomic E-state index is -3.89. The predicted molar refractivity (Wildman–Crippen MR) is 77.0 cm³/mol. The largest absolute Gasteiger partial charge is 0.369 e.